The van der Waals surface area contributed by atoms with Crippen molar-refractivity contribution in [3.8, 4) is 0 Å². The van der Waals surface area contributed by atoms with Crippen molar-refractivity contribution in [1.29, 1.82) is 0 Å². The lowest BCUT2D eigenvalue weighted by Gasteiger charge is -1.98. The van der Waals surface area contributed by atoms with Crippen molar-refractivity contribution in [2.75, 3.05) is 0 Å². The largest absolute Gasteiger partial charge is 0.294 e. The number of hydrogen-bond acceptors (Lipinski definition) is 1. The average molecular weight is 125 g/mol. The molecule has 1 atom stereocenters. The summed E-state index contributed by atoms with van der Waals surface area (Å²) in [5.74, 6) is 0. The lowest BCUT2D eigenvalue weighted by atomic mass is 10.2. The van der Waals surface area contributed by atoms with Crippen molar-refractivity contribution in [3.63, 3.8) is 0 Å². The quantitative estimate of drug-likeness (QED) is 0.404. The molecule has 0 saturated carbocycles. The van der Waals surface area contributed by atoms with Crippen LogP contribution in [0.2, 0.25) is 0 Å². The van der Waals surface area contributed by atoms with Crippen molar-refractivity contribution in [1.82, 2.24) is 0 Å². The van der Waals surface area contributed by atoms with Gasteiger partial charge in [-0.05, 0) is 26.0 Å². The molecule has 0 rings (SSSR count). The van der Waals surface area contributed by atoms with Crippen LogP contribution in [0, 0.1) is 0 Å². The Balaban J connectivity index is 3.35. The van der Waals surface area contributed by atoms with Crippen LogP contribution >= 0.6 is 0 Å². The van der Waals surface area contributed by atoms with E-state index in [2.05, 4.69) is 25.4 Å². The fraction of sp³-hybridized carbons (Fsp3) is 0.625. The number of nitrogens with zero attached hydrogens (tertiary/aromatic N) is 1. The van der Waals surface area contributed by atoms with Crippen LogP contribution < -0.4 is 0 Å². The molecule has 1 heteroatoms. The molecule has 1 unspecified atom stereocenters. The van der Waals surface area contributed by atoms with E-state index in [1.54, 1.807) is 0 Å². The summed E-state index contributed by atoms with van der Waals surface area (Å²) in [5.41, 5.74) is 0. The fourth-order valence-electron chi connectivity index (χ4n) is 0.587. The van der Waals surface area contributed by atoms with Crippen LogP contribution in [0.15, 0.2) is 17.6 Å². The summed E-state index contributed by atoms with van der Waals surface area (Å²) in [5, 5.41) is 0. The summed E-state index contributed by atoms with van der Waals surface area (Å²) in [6.07, 6.45) is 5.86. The predicted molar refractivity (Wildman–Crippen MR) is 43.1 cm³/mol. The highest BCUT2D eigenvalue weighted by atomic mass is 14.7. The molecule has 0 aromatic heterocycles. The Morgan fingerprint density at radius 3 is 2.78 bits per heavy atom. The van der Waals surface area contributed by atoms with Gasteiger partial charge in [-0.15, -0.1) is 6.58 Å². The first-order chi connectivity index (χ1) is 4.31. The third-order valence-corrected chi connectivity index (χ3v) is 1.05. The second kappa shape index (κ2) is 5.54. The van der Waals surface area contributed by atoms with Crippen molar-refractivity contribution in [2.24, 2.45) is 4.99 Å². The van der Waals surface area contributed by atoms with Gasteiger partial charge in [-0.2, -0.15) is 0 Å². The smallest absolute Gasteiger partial charge is 0.0501 e. The number of aliphatic imine (C=N–C) groups is 1. The first-order valence-electron chi connectivity index (χ1n) is 3.43. The molecular formula is C8H15N. The Bertz CT molecular complexity index is 94.7. The minimum Gasteiger partial charge on any atom is -0.294 e. The van der Waals surface area contributed by atoms with Gasteiger partial charge in [0.15, 0.2) is 0 Å². The molecule has 0 aromatic carbocycles. The van der Waals surface area contributed by atoms with Gasteiger partial charge in [0.1, 0.15) is 0 Å². The van der Waals surface area contributed by atoms with Gasteiger partial charge >= 0.3 is 0 Å². The van der Waals surface area contributed by atoms with Gasteiger partial charge in [0.25, 0.3) is 0 Å². The second-order valence-corrected chi connectivity index (χ2v) is 2.11. The van der Waals surface area contributed by atoms with Gasteiger partial charge in [-0.1, -0.05) is 13.0 Å². The number of hydrogen-bond donors (Lipinski definition) is 0. The third kappa shape index (κ3) is 5.28. The van der Waals surface area contributed by atoms with E-state index < -0.39 is 0 Å². The topological polar surface area (TPSA) is 12.4 Å². The van der Waals surface area contributed by atoms with Crippen LogP contribution in [0.3, 0.4) is 0 Å². The van der Waals surface area contributed by atoms with E-state index in [0.717, 1.165) is 12.8 Å². The molecule has 1 nitrogen and oxygen atoms in total. The standard InChI is InChI=1S/C8H15N/c1-4-6-8(3)9-7-5-2/h4,7-8H,1,5-6H2,2-3H3. The highest BCUT2D eigenvalue weighted by molar-refractivity contribution is 5.56. The van der Waals surface area contributed by atoms with Gasteiger partial charge in [0.05, 0.1) is 6.04 Å². The molecule has 0 amide bonds. The van der Waals surface area contributed by atoms with Crippen LogP contribution in [0.5, 0.6) is 0 Å². The zero-order chi connectivity index (χ0) is 7.11. The summed E-state index contributed by atoms with van der Waals surface area (Å²) in [4.78, 5) is 4.24. The Morgan fingerprint density at radius 2 is 2.33 bits per heavy atom. The van der Waals surface area contributed by atoms with Crippen LogP contribution in [-0.2, 0) is 0 Å². The van der Waals surface area contributed by atoms with Crippen molar-refractivity contribution in [3.05, 3.63) is 12.7 Å². The summed E-state index contributed by atoms with van der Waals surface area (Å²) in [7, 11) is 0. The average Bonchev–Trinajstić information content (AvgIpc) is 1.85. The van der Waals surface area contributed by atoms with Crippen LogP contribution in [0.25, 0.3) is 0 Å². The minimum atomic E-state index is 0.419. The lowest BCUT2D eigenvalue weighted by molar-refractivity contribution is 0.762. The Kier molecular flexibility index (Phi) is 5.18. The molecule has 0 fully saturated rings. The molecule has 0 radical (unpaired) electrons. The lowest BCUT2D eigenvalue weighted by Crippen LogP contribution is -1.94. The maximum absolute atomic E-state index is 4.24. The second-order valence-electron chi connectivity index (χ2n) is 2.11. The molecule has 0 aliphatic heterocycles. The van der Waals surface area contributed by atoms with Gasteiger partial charge in [-0.3, -0.25) is 4.99 Å². The van der Waals surface area contributed by atoms with E-state index in [9.17, 15) is 0 Å². The summed E-state index contributed by atoms with van der Waals surface area (Å²) in [6, 6.07) is 0.419. The van der Waals surface area contributed by atoms with Crippen LogP contribution in [0.1, 0.15) is 26.7 Å². The van der Waals surface area contributed by atoms with Gasteiger partial charge in [-0.25, -0.2) is 0 Å². The predicted octanol–water partition coefficient (Wildman–Crippen LogP) is 2.43. The zero-order valence-corrected chi connectivity index (χ0v) is 6.30. The third-order valence-electron chi connectivity index (χ3n) is 1.05. The molecule has 0 bridgehead atoms. The van der Waals surface area contributed by atoms with E-state index in [4.69, 9.17) is 0 Å². The maximum Gasteiger partial charge on any atom is 0.0501 e. The SMILES string of the molecule is C=CCC(C)N=CCC. The fourth-order valence-corrected chi connectivity index (χ4v) is 0.587. The van der Waals surface area contributed by atoms with Gasteiger partial charge < -0.3 is 0 Å². The van der Waals surface area contributed by atoms with E-state index in [0.29, 0.717) is 6.04 Å². The van der Waals surface area contributed by atoms with Gasteiger partial charge in [0.2, 0.25) is 0 Å². The molecule has 0 saturated heterocycles. The van der Waals surface area contributed by atoms with Crippen LogP contribution in [-0.4, -0.2) is 12.3 Å². The molecule has 9 heavy (non-hydrogen) atoms. The Labute approximate surface area is 57.5 Å². The molecule has 52 valence electrons. The zero-order valence-electron chi connectivity index (χ0n) is 6.30. The molecule has 0 aliphatic rings. The van der Waals surface area contributed by atoms with E-state index in [1.807, 2.05) is 12.3 Å². The summed E-state index contributed by atoms with van der Waals surface area (Å²) >= 11 is 0. The minimum absolute atomic E-state index is 0.419. The number of rotatable bonds is 4. The molecule has 0 aliphatic carbocycles. The molecular weight excluding hydrogens is 110 g/mol. The highest BCUT2D eigenvalue weighted by Crippen LogP contribution is 1.95. The summed E-state index contributed by atoms with van der Waals surface area (Å²) in [6.45, 7) is 7.81. The first-order valence-corrected chi connectivity index (χ1v) is 3.43. The Hall–Kier alpha value is -0.590. The highest BCUT2D eigenvalue weighted by Gasteiger charge is 1.89. The normalized spacial score (nSPS) is 14.0. The molecule has 0 spiro atoms. The van der Waals surface area contributed by atoms with Crippen molar-refractivity contribution >= 4 is 6.21 Å². The van der Waals surface area contributed by atoms with E-state index in [1.165, 1.54) is 0 Å². The van der Waals surface area contributed by atoms with Crippen molar-refractivity contribution < 1.29 is 0 Å². The van der Waals surface area contributed by atoms with E-state index in [-0.39, 0.29) is 0 Å². The van der Waals surface area contributed by atoms with Gasteiger partial charge in [0, 0.05) is 0 Å². The van der Waals surface area contributed by atoms with E-state index >= 15 is 0 Å². The van der Waals surface area contributed by atoms with Crippen LogP contribution in [0.4, 0.5) is 0 Å². The summed E-state index contributed by atoms with van der Waals surface area (Å²) < 4.78 is 0. The molecule has 0 aromatic rings. The molecule has 0 heterocycles. The molecule has 0 N–H and O–H groups in total. The first kappa shape index (κ1) is 8.41. The van der Waals surface area contributed by atoms with Crippen molar-refractivity contribution in [2.45, 2.75) is 32.7 Å². The Morgan fingerprint density at radius 1 is 1.67 bits per heavy atom. The monoisotopic (exact) mass is 125 g/mol. The maximum atomic E-state index is 4.24.